The second-order valence-electron chi connectivity index (χ2n) is 7.02. The first-order chi connectivity index (χ1) is 14.2. The molecule has 0 radical (unpaired) electrons. The van der Waals surface area contributed by atoms with E-state index in [0.717, 1.165) is 33.4 Å². The molecule has 1 saturated heterocycles. The number of pyridine rings is 1. The number of urea groups is 1. The molecule has 4 rings (SSSR count). The number of aliphatic hydroxyl groups is 1. The second kappa shape index (κ2) is 7.20. The highest BCUT2D eigenvalue weighted by atomic mass is 19.4. The Morgan fingerprint density at radius 2 is 2.00 bits per heavy atom. The molecule has 1 aliphatic heterocycles. The monoisotopic (exact) mass is 422 g/mol. The Bertz CT molecular complexity index is 1040. The van der Waals surface area contributed by atoms with Crippen molar-refractivity contribution in [3.8, 4) is 11.4 Å². The summed E-state index contributed by atoms with van der Waals surface area (Å²) in [4.78, 5) is 34.1. The Labute approximate surface area is 168 Å². The number of carbonyl (C=O) groups excluding carboxylic acids is 2. The summed E-state index contributed by atoms with van der Waals surface area (Å²) in [6.07, 6.45) is -0.572. The average molecular weight is 422 g/mol. The number of hydrogen-bond acceptors (Lipinski definition) is 6. The second-order valence-corrected chi connectivity index (χ2v) is 7.02. The molecule has 2 fully saturated rings. The average Bonchev–Trinajstić information content (AvgIpc) is 3.42. The van der Waals surface area contributed by atoms with E-state index >= 15 is 0 Å². The van der Waals surface area contributed by atoms with Crippen LogP contribution in [-0.2, 0) is 11.0 Å². The van der Waals surface area contributed by atoms with Gasteiger partial charge in [-0.25, -0.2) is 19.4 Å². The molecule has 158 valence electrons. The van der Waals surface area contributed by atoms with Crippen molar-refractivity contribution in [1.82, 2.24) is 29.5 Å². The molecule has 1 N–H and O–H groups in total. The number of imide groups is 1. The van der Waals surface area contributed by atoms with E-state index in [1.807, 2.05) is 0 Å². The van der Waals surface area contributed by atoms with Crippen LogP contribution in [-0.4, -0.2) is 66.8 Å². The molecule has 0 unspecified atom stereocenters. The summed E-state index contributed by atoms with van der Waals surface area (Å²) >= 11 is 0. The highest BCUT2D eigenvalue weighted by Crippen LogP contribution is 2.41. The number of halogens is 3. The predicted octanol–water partition coefficient (Wildman–Crippen LogP) is 1.92. The minimum absolute atomic E-state index is 0.0000430. The molecule has 2 aliphatic rings. The number of hydrogen-bond donors (Lipinski definition) is 1. The fourth-order valence-corrected chi connectivity index (χ4v) is 3.11. The van der Waals surface area contributed by atoms with Crippen LogP contribution < -0.4 is 0 Å². The molecule has 2 aromatic heterocycles. The summed E-state index contributed by atoms with van der Waals surface area (Å²) in [7, 11) is 1.30. The number of nitrogens with zero attached hydrogens (tertiary/aromatic N) is 6. The molecular formula is C18H17F3N6O3. The summed E-state index contributed by atoms with van der Waals surface area (Å²) in [5, 5.41) is 13.3. The lowest BCUT2D eigenvalue weighted by atomic mass is 10.1. The standard InChI is InChI=1S/C18H17F3N6O3/c1-25-16(29)13(27(4-5-28)17(25)30)8-26-9-22-15(24-26)11-6-12(10-2-3-10)23-14(7-11)18(19,20)21/h6-10,28H,2-5H2,1H3. The van der Waals surface area contributed by atoms with Crippen LogP contribution >= 0.6 is 0 Å². The number of amides is 3. The van der Waals surface area contributed by atoms with Crippen molar-refractivity contribution < 1.29 is 27.9 Å². The maximum Gasteiger partial charge on any atom is 0.433 e. The number of aliphatic hydroxyl groups excluding tert-OH is 1. The fourth-order valence-electron chi connectivity index (χ4n) is 3.11. The minimum Gasteiger partial charge on any atom is -0.395 e. The van der Waals surface area contributed by atoms with Gasteiger partial charge in [0.25, 0.3) is 5.91 Å². The molecule has 0 bridgehead atoms. The molecule has 1 aliphatic carbocycles. The molecule has 0 atom stereocenters. The van der Waals surface area contributed by atoms with Gasteiger partial charge in [-0.1, -0.05) is 0 Å². The van der Waals surface area contributed by atoms with Gasteiger partial charge < -0.3 is 5.11 Å². The van der Waals surface area contributed by atoms with E-state index in [9.17, 15) is 22.8 Å². The van der Waals surface area contributed by atoms with Gasteiger partial charge in [0.1, 0.15) is 17.7 Å². The minimum atomic E-state index is -4.60. The third kappa shape index (κ3) is 3.65. The van der Waals surface area contributed by atoms with E-state index in [0.29, 0.717) is 5.69 Å². The summed E-state index contributed by atoms with van der Waals surface area (Å²) in [6.45, 7) is -0.444. The van der Waals surface area contributed by atoms with Gasteiger partial charge in [-0.2, -0.15) is 13.2 Å². The summed E-state index contributed by atoms with van der Waals surface area (Å²) in [6, 6.07) is 1.82. The van der Waals surface area contributed by atoms with Gasteiger partial charge in [0, 0.05) is 24.2 Å². The smallest absolute Gasteiger partial charge is 0.395 e. The summed E-state index contributed by atoms with van der Waals surface area (Å²) in [5.74, 6) is -0.565. The molecule has 9 nitrogen and oxygen atoms in total. The van der Waals surface area contributed by atoms with Crippen molar-refractivity contribution in [1.29, 1.82) is 0 Å². The van der Waals surface area contributed by atoms with Gasteiger partial charge in [0.05, 0.1) is 19.4 Å². The third-order valence-electron chi connectivity index (χ3n) is 4.81. The number of likely N-dealkylation sites (N-methyl/N-ethyl adjacent to an activating group) is 1. The van der Waals surface area contributed by atoms with Crippen molar-refractivity contribution in [2.45, 2.75) is 24.9 Å². The molecule has 12 heteroatoms. The zero-order valence-corrected chi connectivity index (χ0v) is 15.8. The van der Waals surface area contributed by atoms with Gasteiger partial charge in [-0.05, 0) is 25.0 Å². The number of rotatable bonds is 5. The number of aromatic nitrogens is 4. The molecule has 30 heavy (non-hydrogen) atoms. The Morgan fingerprint density at radius 3 is 2.63 bits per heavy atom. The van der Waals surface area contributed by atoms with Crippen LogP contribution in [0, 0.1) is 0 Å². The van der Waals surface area contributed by atoms with Crippen LogP contribution in [0.15, 0.2) is 24.2 Å². The molecule has 1 saturated carbocycles. The van der Waals surface area contributed by atoms with Crippen molar-refractivity contribution in [3.05, 3.63) is 35.5 Å². The van der Waals surface area contributed by atoms with Gasteiger partial charge in [0.15, 0.2) is 5.82 Å². The van der Waals surface area contributed by atoms with E-state index in [-0.39, 0.29) is 36.2 Å². The third-order valence-corrected chi connectivity index (χ3v) is 4.81. The van der Waals surface area contributed by atoms with Crippen LogP contribution in [0.4, 0.5) is 18.0 Å². The molecule has 0 aromatic carbocycles. The number of alkyl halides is 3. The highest BCUT2D eigenvalue weighted by molar-refractivity contribution is 6.12. The molecule has 3 amide bonds. The van der Waals surface area contributed by atoms with Crippen molar-refractivity contribution in [2.24, 2.45) is 0 Å². The summed E-state index contributed by atoms with van der Waals surface area (Å²) in [5.41, 5.74) is -0.530. The van der Waals surface area contributed by atoms with Gasteiger partial charge >= 0.3 is 12.2 Å². The Kier molecular flexibility index (Phi) is 4.80. The lowest BCUT2D eigenvalue weighted by Gasteiger charge is -2.13. The van der Waals surface area contributed by atoms with Crippen molar-refractivity contribution in [3.63, 3.8) is 0 Å². The lowest BCUT2D eigenvalue weighted by Crippen LogP contribution is -2.31. The van der Waals surface area contributed by atoms with E-state index in [2.05, 4.69) is 15.1 Å². The number of carbonyl (C=O) groups is 2. The van der Waals surface area contributed by atoms with E-state index in [1.165, 1.54) is 25.6 Å². The molecule has 2 aromatic rings. The quantitative estimate of drug-likeness (QED) is 0.583. The van der Waals surface area contributed by atoms with Gasteiger partial charge in [-0.3, -0.25) is 14.6 Å². The van der Waals surface area contributed by atoms with Crippen molar-refractivity contribution >= 4 is 18.1 Å². The largest absolute Gasteiger partial charge is 0.433 e. The van der Waals surface area contributed by atoms with Crippen LogP contribution in [0.3, 0.4) is 0 Å². The topological polar surface area (TPSA) is 104 Å². The Hall–Kier alpha value is -3.28. The van der Waals surface area contributed by atoms with Crippen LogP contribution in [0.5, 0.6) is 0 Å². The Morgan fingerprint density at radius 1 is 1.27 bits per heavy atom. The van der Waals surface area contributed by atoms with E-state index < -0.39 is 23.8 Å². The Balaban J connectivity index is 1.69. The normalized spacial score (nSPS) is 18.8. The predicted molar refractivity (Wildman–Crippen MR) is 96.5 cm³/mol. The van der Waals surface area contributed by atoms with E-state index in [4.69, 9.17) is 5.11 Å². The molecule has 3 heterocycles. The van der Waals surface area contributed by atoms with Gasteiger partial charge in [-0.15, -0.1) is 5.10 Å². The van der Waals surface area contributed by atoms with Crippen molar-refractivity contribution in [2.75, 3.05) is 20.2 Å². The highest BCUT2D eigenvalue weighted by Gasteiger charge is 2.39. The number of β-amino-alcohol motifs (C(OH)–C–C–N with tert-alkyl or cyclic N) is 1. The zero-order chi connectivity index (χ0) is 21.6. The fraction of sp³-hybridized carbons (Fsp3) is 0.389. The van der Waals surface area contributed by atoms with Gasteiger partial charge in [0.2, 0.25) is 0 Å². The maximum atomic E-state index is 13.2. The molecular weight excluding hydrogens is 405 g/mol. The first-order valence-electron chi connectivity index (χ1n) is 9.12. The first-order valence-corrected chi connectivity index (χ1v) is 9.12. The molecule has 0 spiro atoms. The van der Waals surface area contributed by atoms with E-state index in [1.54, 1.807) is 0 Å². The SMILES string of the molecule is CN1C(=O)C(=Cn2cnc(-c3cc(C4CC4)nc(C(F)(F)F)c3)n2)N(CCO)C1=O. The van der Waals surface area contributed by atoms with Crippen LogP contribution in [0.1, 0.15) is 30.1 Å². The maximum absolute atomic E-state index is 13.2. The first kappa shape index (κ1) is 20.0. The summed E-state index contributed by atoms with van der Waals surface area (Å²) < 4.78 is 40.9. The zero-order valence-electron chi connectivity index (χ0n) is 15.8. The van der Waals surface area contributed by atoms with Crippen LogP contribution in [0.25, 0.3) is 17.6 Å². The lowest BCUT2D eigenvalue weighted by molar-refractivity contribution is -0.141. The van der Waals surface area contributed by atoms with Crippen LogP contribution in [0.2, 0.25) is 0 Å².